The Labute approximate surface area is 169 Å². The van der Waals surface area contributed by atoms with Crippen LogP contribution >= 0.6 is 11.6 Å². The zero-order valence-electron chi connectivity index (χ0n) is 17.3. The number of imidazole rings is 1. The van der Waals surface area contributed by atoms with Crippen molar-refractivity contribution in [2.24, 2.45) is 7.05 Å². The van der Waals surface area contributed by atoms with Gasteiger partial charge in [0.2, 0.25) is 0 Å². The van der Waals surface area contributed by atoms with Crippen molar-refractivity contribution in [3.05, 3.63) is 28.3 Å². The topological polar surface area (TPSA) is 72.1 Å². The van der Waals surface area contributed by atoms with Crippen LogP contribution in [0.5, 0.6) is 0 Å². The van der Waals surface area contributed by atoms with Gasteiger partial charge in [-0.3, -0.25) is 4.79 Å². The van der Waals surface area contributed by atoms with Crippen LogP contribution in [0, 0.1) is 0 Å². The first-order valence-electron chi connectivity index (χ1n) is 9.42. The summed E-state index contributed by atoms with van der Waals surface area (Å²) in [5.74, 6) is 0.272. The fourth-order valence-corrected chi connectivity index (χ4v) is 3.64. The van der Waals surface area contributed by atoms with Crippen molar-refractivity contribution in [1.82, 2.24) is 19.1 Å². The second kappa shape index (κ2) is 7.31. The molecule has 3 heterocycles. The lowest BCUT2D eigenvalue weighted by atomic mass is 10.1. The number of aryl methyl sites for hydroxylation is 1. The van der Waals surface area contributed by atoms with E-state index in [1.807, 2.05) is 34.6 Å². The van der Waals surface area contributed by atoms with Crippen LogP contribution < -0.4 is 10.5 Å². The maximum Gasteiger partial charge on any atom is 0.410 e. The van der Waals surface area contributed by atoms with E-state index in [9.17, 15) is 9.59 Å². The Hall–Kier alpha value is -2.22. The van der Waals surface area contributed by atoms with Gasteiger partial charge in [0.05, 0.1) is 23.5 Å². The van der Waals surface area contributed by atoms with Crippen molar-refractivity contribution >= 4 is 29.0 Å². The number of rotatable bonds is 2. The lowest BCUT2D eigenvalue weighted by molar-refractivity contribution is 0.0130. The van der Waals surface area contributed by atoms with Crippen LogP contribution in [0.25, 0.3) is 5.65 Å². The number of aromatic nitrogens is 3. The van der Waals surface area contributed by atoms with Crippen LogP contribution in [0.15, 0.2) is 17.1 Å². The van der Waals surface area contributed by atoms with Crippen LogP contribution in [-0.4, -0.2) is 55.9 Å². The van der Waals surface area contributed by atoms with Gasteiger partial charge in [-0.15, -0.1) is 11.6 Å². The molecule has 1 amide bonds. The van der Waals surface area contributed by atoms with E-state index in [-0.39, 0.29) is 29.6 Å². The van der Waals surface area contributed by atoms with Gasteiger partial charge in [-0.05, 0) is 34.6 Å². The van der Waals surface area contributed by atoms with Gasteiger partial charge in [0.15, 0.2) is 5.65 Å². The number of nitrogens with zero attached hydrogens (tertiary/aromatic N) is 5. The maximum atomic E-state index is 12.6. The van der Waals surface area contributed by atoms with Gasteiger partial charge >= 0.3 is 6.09 Å². The molecule has 8 nitrogen and oxygen atoms in total. The molecule has 2 atom stereocenters. The van der Waals surface area contributed by atoms with Gasteiger partial charge in [-0.1, -0.05) is 0 Å². The number of anilines is 1. The van der Waals surface area contributed by atoms with Crippen LogP contribution in [0.4, 0.5) is 10.5 Å². The number of fused-ring (bicyclic) bond motifs is 1. The highest BCUT2D eigenvalue weighted by molar-refractivity contribution is 6.16. The Morgan fingerprint density at radius 3 is 2.57 bits per heavy atom. The van der Waals surface area contributed by atoms with E-state index in [1.54, 1.807) is 28.7 Å². The Kier molecular flexibility index (Phi) is 5.36. The van der Waals surface area contributed by atoms with Crippen molar-refractivity contribution in [2.75, 3.05) is 18.0 Å². The predicted octanol–water partition coefficient (Wildman–Crippen LogP) is 2.61. The molecule has 2 aromatic heterocycles. The van der Waals surface area contributed by atoms with E-state index >= 15 is 0 Å². The molecular formula is C19H28ClN5O3. The zero-order chi connectivity index (χ0) is 20.8. The molecule has 2 aromatic rings. The van der Waals surface area contributed by atoms with Crippen molar-refractivity contribution < 1.29 is 9.53 Å². The molecule has 0 unspecified atom stereocenters. The summed E-state index contributed by atoms with van der Waals surface area (Å²) in [6, 6.07) is 1.53. The summed E-state index contributed by atoms with van der Waals surface area (Å²) in [5, 5.41) is 0. The first kappa shape index (κ1) is 20.5. The molecule has 0 N–H and O–H groups in total. The van der Waals surface area contributed by atoms with Gasteiger partial charge in [0, 0.05) is 38.3 Å². The minimum absolute atomic E-state index is 0.00391. The molecule has 28 heavy (non-hydrogen) atoms. The number of hydrogen-bond acceptors (Lipinski definition) is 5. The van der Waals surface area contributed by atoms with E-state index in [1.165, 1.54) is 4.68 Å². The number of carbonyl (C=O) groups is 1. The third kappa shape index (κ3) is 3.83. The highest BCUT2D eigenvalue weighted by atomic mass is 35.5. The third-order valence-corrected chi connectivity index (χ3v) is 5.20. The summed E-state index contributed by atoms with van der Waals surface area (Å²) in [6.07, 6.45) is 1.46. The molecule has 1 saturated heterocycles. The van der Waals surface area contributed by atoms with Gasteiger partial charge < -0.3 is 14.5 Å². The molecule has 0 aromatic carbocycles. The number of carbonyl (C=O) groups excluding carboxylic acids is 1. The normalized spacial score (nSPS) is 20.7. The smallest absolute Gasteiger partial charge is 0.410 e. The monoisotopic (exact) mass is 409 g/mol. The maximum absolute atomic E-state index is 12.6. The number of ether oxygens (including phenoxy) is 1. The van der Waals surface area contributed by atoms with Crippen LogP contribution in [0.1, 0.15) is 40.3 Å². The van der Waals surface area contributed by atoms with Crippen LogP contribution in [0.2, 0.25) is 0 Å². The standard InChI is InChI=1S/C19H28ClN5O3/c1-12-10-24(18(27)28-19(3,4)5)13(2)9-23(12)15-7-16(26)22(6)25-11-14(8-20)21-17(15)25/h7,11-13H,8-10H2,1-6H3/t12-,13+/m0/s1. The number of amides is 1. The van der Waals surface area contributed by atoms with E-state index in [0.29, 0.717) is 24.4 Å². The SMILES string of the molecule is C[C@@H]1CN(c2cc(=O)n(C)n3cc(CCl)nc23)[C@@H](C)CN1C(=O)OC(C)(C)C. The van der Waals surface area contributed by atoms with E-state index in [2.05, 4.69) is 9.88 Å². The molecule has 1 aliphatic heterocycles. The summed E-state index contributed by atoms with van der Waals surface area (Å²) in [5.41, 5.74) is 1.47. The van der Waals surface area contributed by atoms with Crippen LogP contribution in [-0.2, 0) is 17.7 Å². The molecular weight excluding hydrogens is 382 g/mol. The molecule has 9 heteroatoms. The number of halogens is 1. The molecule has 1 aliphatic rings. The minimum Gasteiger partial charge on any atom is -0.444 e. The van der Waals surface area contributed by atoms with Crippen molar-refractivity contribution in [3.8, 4) is 0 Å². The average Bonchev–Trinajstić information content (AvgIpc) is 3.03. The van der Waals surface area contributed by atoms with E-state index < -0.39 is 5.60 Å². The minimum atomic E-state index is -0.539. The summed E-state index contributed by atoms with van der Waals surface area (Å²) < 4.78 is 8.78. The summed E-state index contributed by atoms with van der Waals surface area (Å²) >= 11 is 5.95. The predicted molar refractivity (Wildman–Crippen MR) is 109 cm³/mol. The number of alkyl halides is 1. The first-order valence-corrected chi connectivity index (χ1v) is 9.95. The molecule has 3 rings (SSSR count). The lowest BCUT2D eigenvalue weighted by Gasteiger charge is -2.45. The van der Waals surface area contributed by atoms with E-state index in [4.69, 9.17) is 16.3 Å². The fraction of sp³-hybridized carbons (Fsp3) is 0.632. The molecule has 1 fully saturated rings. The highest BCUT2D eigenvalue weighted by Crippen LogP contribution is 2.27. The van der Waals surface area contributed by atoms with Crippen molar-refractivity contribution in [3.63, 3.8) is 0 Å². The summed E-state index contributed by atoms with van der Waals surface area (Å²) in [6.45, 7) is 10.7. The molecule has 154 valence electrons. The molecule has 0 spiro atoms. The highest BCUT2D eigenvalue weighted by Gasteiger charge is 2.35. The molecule has 0 aliphatic carbocycles. The second-order valence-electron chi connectivity index (χ2n) is 8.41. The van der Waals surface area contributed by atoms with Gasteiger partial charge in [0.1, 0.15) is 5.60 Å². The first-order chi connectivity index (χ1) is 13.0. The fourth-order valence-electron chi connectivity index (χ4n) is 3.52. The van der Waals surface area contributed by atoms with Gasteiger partial charge in [-0.25, -0.2) is 19.0 Å². The Morgan fingerprint density at radius 2 is 1.96 bits per heavy atom. The lowest BCUT2D eigenvalue weighted by Crippen LogP contribution is -2.59. The van der Waals surface area contributed by atoms with Gasteiger partial charge in [0.25, 0.3) is 5.56 Å². The van der Waals surface area contributed by atoms with Crippen molar-refractivity contribution in [1.29, 1.82) is 0 Å². The largest absolute Gasteiger partial charge is 0.444 e. The number of hydrogen-bond donors (Lipinski definition) is 0. The third-order valence-electron chi connectivity index (χ3n) is 4.93. The average molecular weight is 410 g/mol. The summed E-state index contributed by atoms with van der Waals surface area (Å²) in [7, 11) is 1.70. The van der Waals surface area contributed by atoms with Crippen LogP contribution in [0.3, 0.4) is 0 Å². The summed E-state index contributed by atoms with van der Waals surface area (Å²) in [4.78, 5) is 33.5. The molecule has 0 saturated carbocycles. The second-order valence-corrected chi connectivity index (χ2v) is 8.68. The Bertz CT molecular complexity index is 945. The number of piperazine rings is 1. The Morgan fingerprint density at radius 1 is 1.29 bits per heavy atom. The zero-order valence-corrected chi connectivity index (χ0v) is 18.0. The molecule has 0 bridgehead atoms. The van der Waals surface area contributed by atoms with Crippen molar-refractivity contribution in [2.45, 2.75) is 58.2 Å². The Balaban J connectivity index is 1.94. The molecule has 0 radical (unpaired) electrons. The quantitative estimate of drug-likeness (QED) is 0.713. The van der Waals surface area contributed by atoms with E-state index in [0.717, 1.165) is 5.69 Å². The van der Waals surface area contributed by atoms with Gasteiger partial charge in [-0.2, -0.15) is 0 Å².